The molecule has 1 fully saturated rings. The molecule has 24 heavy (non-hydrogen) atoms. The number of nitrogens with zero attached hydrogens (tertiary/aromatic N) is 2. The number of rotatable bonds is 6. The number of carboxylic acid groups (broad SMARTS) is 1. The van der Waals surface area contributed by atoms with Crippen LogP contribution in [0.4, 0.5) is 0 Å². The highest BCUT2D eigenvalue weighted by Gasteiger charge is 2.23. The lowest BCUT2D eigenvalue weighted by molar-refractivity contribution is 0.0696. The topological polar surface area (TPSA) is 53.4 Å². The molecule has 0 radical (unpaired) electrons. The van der Waals surface area contributed by atoms with Crippen LogP contribution in [0.1, 0.15) is 40.5 Å². The number of likely N-dealkylation sites (tertiary alicyclic amines) is 1. The number of aromatic nitrogens is 1. The number of pyridine rings is 1. The lowest BCUT2D eigenvalue weighted by Gasteiger charge is -2.16. The molecule has 0 spiro atoms. The van der Waals surface area contributed by atoms with Gasteiger partial charge in [0.2, 0.25) is 0 Å². The Labute approximate surface area is 143 Å². The SMILES string of the molecule is CCc1ccc(CN2CC[C@@H](Cc3cccc(C(=O)O)c3)C2)nc1. The minimum absolute atomic E-state index is 0.377. The van der Waals surface area contributed by atoms with Gasteiger partial charge in [0.15, 0.2) is 0 Å². The molecular formula is C20H24N2O2. The van der Waals surface area contributed by atoms with Crippen molar-refractivity contribution in [3.8, 4) is 0 Å². The van der Waals surface area contributed by atoms with E-state index in [4.69, 9.17) is 5.11 Å². The van der Waals surface area contributed by atoms with Crippen molar-refractivity contribution in [1.82, 2.24) is 9.88 Å². The quantitative estimate of drug-likeness (QED) is 0.885. The van der Waals surface area contributed by atoms with Crippen molar-refractivity contribution in [2.45, 2.75) is 32.7 Å². The van der Waals surface area contributed by atoms with Gasteiger partial charge in [-0.25, -0.2) is 4.79 Å². The molecule has 4 heteroatoms. The normalized spacial score (nSPS) is 18.0. The third-order valence-electron chi connectivity index (χ3n) is 4.75. The number of carboxylic acids is 1. The lowest BCUT2D eigenvalue weighted by atomic mass is 9.97. The second-order valence-corrected chi connectivity index (χ2v) is 6.61. The van der Waals surface area contributed by atoms with Crippen molar-refractivity contribution in [2.75, 3.05) is 13.1 Å². The molecule has 0 aliphatic carbocycles. The molecule has 0 bridgehead atoms. The maximum Gasteiger partial charge on any atom is 0.335 e. The van der Waals surface area contributed by atoms with E-state index in [1.807, 2.05) is 18.3 Å². The lowest BCUT2D eigenvalue weighted by Crippen LogP contribution is -2.21. The van der Waals surface area contributed by atoms with E-state index < -0.39 is 5.97 Å². The molecule has 1 aliphatic rings. The van der Waals surface area contributed by atoms with Crippen molar-refractivity contribution in [3.63, 3.8) is 0 Å². The zero-order valence-electron chi connectivity index (χ0n) is 14.1. The van der Waals surface area contributed by atoms with Crippen molar-refractivity contribution in [1.29, 1.82) is 0 Å². The smallest absolute Gasteiger partial charge is 0.335 e. The first-order valence-electron chi connectivity index (χ1n) is 8.62. The van der Waals surface area contributed by atoms with Crippen LogP contribution in [0.15, 0.2) is 42.6 Å². The van der Waals surface area contributed by atoms with Crippen LogP contribution in [0.2, 0.25) is 0 Å². The van der Waals surface area contributed by atoms with E-state index in [1.165, 1.54) is 5.56 Å². The van der Waals surface area contributed by atoms with Gasteiger partial charge in [0.05, 0.1) is 11.3 Å². The first kappa shape index (κ1) is 16.7. The molecule has 3 rings (SSSR count). The van der Waals surface area contributed by atoms with Gasteiger partial charge in [0, 0.05) is 19.3 Å². The Kier molecular flexibility index (Phi) is 5.26. The Hall–Kier alpha value is -2.20. The number of aromatic carboxylic acids is 1. The number of carbonyl (C=O) groups is 1. The monoisotopic (exact) mass is 324 g/mol. The van der Waals surface area contributed by atoms with Gasteiger partial charge in [-0.05, 0) is 61.1 Å². The highest BCUT2D eigenvalue weighted by molar-refractivity contribution is 5.87. The van der Waals surface area contributed by atoms with E-state index in [9.17, 15) is 4.79 Å². The Bertz CT molecular complexity index is 697. The number of hydrogen-bond acceptors (Lipinski definition) is 3. The van der Waals surface area contributed by atoms with E-state index in [-0.39, 0.29) is 0 Å². The van der Waals surface area contributed by atoms with Gasteiger partial charge >= 0.3 is 5.97 Å². The molecule has 2 heterocycles. The summed E-state index contributed by atoms with van der Waals surface area (Å²) in [5, 5.41) is 9.10. The van der Waals surface area contributed by atoms with Crippen LogP contribution in [0.25, 0.3) is 0 Å². The van der Waals surface area contributed by atoms with E-state index >= 15 is 0 Å². The second-order valence-electron chi connectivity index (χ2n) is 6.61. The van der Waals surface area contributed by atoms with Gasteiger partial charge in [-0.2, -0.15) is 0 Å². The largest absolute Gasteiger partial charge is 0.478 e. The molecule has 0 saturated carbocycles. The van der Waals surface area contributed by atoms with Crippen LogP contribution >= 0.6 is 0 Å². The first-order chi connectivity index (χ1) is 11.6. The molecule has 1 aromatic heterocycles. The predicted molar refractivity (Wildman–Crippen MR) is 94.1 cm³/mol. The van der Waals surface area contributed by atoms with Crippen LogP contribution in [0, 0.1) is 5.92 Å². The van der Waals surface area contributed by atoms with Gasteiger partial charge in [-0.3, -0.25) is 9.88 Å². The number of benzene rings is 1. The molecule has 126 valence electrons. The Morgan fingerprint density at radius 2 is 2.17 bits per heavy atom. The summed E-state index contributed by atoms with van der Waals surface area (Å²) in [7, 11) is 0. The summed E-state index contributed by atoms with van der Waals surface area (Å²) in [6.07, 6.45) is 5.10. The zero-order chi connectivity index (χ0) is 16.9. The summed E-state index contributed by atoms with van der Waals surface area (Å²) in [6.45, 7) is 5.17. The summed E-state index contributed by atoms with van der Waals surface area (Å²) >= 11 is 0. The standard InChI is InChI=1S/C20H24N2O2/c1-2-15-6-7-19(21-12-15)14-22-9-8-17(13-22)10-16-4-3-5-18(11-16)20(23)24/h3-7,11-12,17H,2,8-10,13-14H2,1H3,(H,23,24)/t17-/m0/s1. The third-order valence-corrected chi connectivity index (χ3v) is 4.75. The fourth-order valence-electron chi connectivity index (χ4n) is 3.37. The summed E-state index contributed by atoms with van der Waals surface area (Å²) in [4.78, 5) is 18.1. The molecule has 1 N–H and O–H groups in total. The molecular weight excluding hydrogens is 300 g/mol. The summed E-state index contributed by atoms with van der Waals surface area (Å²) in [5.74, 6) is -0.268. The highest BCUT2D eigenvalue weighted by Crippen LogP contribution is 2.22. The van der Waals surface area contributed by atoms with Crippen molar-refractivity contribution in [3.05, 3.63) is 65.0 Å². The minimum atomic E-state index is -0.855. The fourth-order valence-corrected chi connectivity index (χ4v) is 3.37. The summed E-state index contributed by atoms with van der Waals surface area (Å²) in [6, 6.07) is 11.6. The molecule has 1 atom stereocenters. The van der Waals surface area contributed by atoms with E-state index in [1.54, 1.807) is 12.1 Å². The van der Waals surface area contributed by atoms with Gasteiger partial charge in [0.25, 0.3) is 0 Å². The van der Waals surface area contributed by atoms with Crippen LogP contribution in [0.3, 0.4) is 0 Å². The van der Waals surface area contributed by atoms with Gasteiger partial charge < -0.3 is 5.11 Å². The third kappa shape index (κ3) is 4.20. The summed E-state index contributed by atoms with van der Waals surface area (Å²) in [5.41, 5.74) is 3.90. The molecule has 4 nitrogen and oxygen atoms in total. The Morgan fingerprint density at radius 1 is 1.29 bits per heavy atom. The Morgan fingerprint density at radius 3 is 2.88 bits per heavy atom. The van der Waals surface area contributed by atoms with E-state index in [2.05, 4.69) is 28.9 Å². The van der Waals surface area contributed by atoms with Crippen molar-refractivity contribution in [2.24, 2.45) is 5.92 Å². The number of aryl methyl sites for hydroxylation is 1. The molecule has 0 amide bonds. The van der Waals surface area contributed by atoms with E-state index in [0.717, 1.165) is 50.2 Å². The molecule has 1 aliphatic heterocycles. The molecule has 2 aromatic rings. The van der Waals surface area contributed by atoms with Gasteiger partial charge in [-0.1, -0.05) is 25.1 Å². The molecule has 1 saturated heterocycles. The van der Waals surface area contributed by atoms with Crippen molar-refractivity contribution < 1.29 is 9.90 Å². The zero-order valence-corrected chi connectivity index (χ0v) is 14.1. The minimum Gasteiger partial charge on any atom is -0.478 e. The number of hydrogen-bond donors (Lipinski definition) is 1. The highest BCUT2D eigenvalue weighted by atomic mass is 16.4. The average molecular weight is 324 g/mol. The average Bonchev–Trinajstić information content (AvgIpc) is 3.02. The van der Waals surface area contributed by atoms with Crippen molar-refractivity contribution >= 4 is 5.97 Å². The van der Waals surface area contributed by atoms with Crippen LogP contribution in [-0.4, -0.2) is 34.0 Å². The van der Waals surface area contributed by atoms with Gasteiger partial charge in [-0.15, -0.1) is 0 Å². The maximum atomic E-state index is 11.1. The molecule has 1 aromatic carbocycles. The van der Waals surface area contributed by atoms with Gasteiger partial charge in [0.1, 0.15) is 0 Å². The second kappa shape index (κ2) is 7.58. The van der Waals surface area contributed by atoms with E-state index in [0.29, 0.717) is 11.5 Å². The first-order valence-corrected chi connectivity index (χ1v) is 8.62. The summed E-state index contributed by atoms with van der Waals surface area (Å²) < 4.78 is 0. The fraction of sp³-hybridized carbons (Fsp3) is 0.400. The maximum absolute atomic E-state index is 11.1. The van der Waals surface area contributed by atoms with Crippen LogP contribution in [0.5, 0.6) is 0 Å². The molecule has 0 unspecified atom stereocenters. The van der Waals surface area contributed by atoms with Crippen LogP contribution < -0.4 is 0 Å². The van der Waals surface area contributed by atoms with Crippen LogP contribution in [-0.2, 0) is 19.4 Å². The Balaban J connectivity index is 1.55. The predicted octanol–water partition coefficient (Wildman–Crippen LogP) is 3.41.